The van der Waals surface area contributed by atoms with E-state index in [1.165, 1.54) is 25.7 Å². The van der Waals surface area contributed by atoms with Crippen LogP contribution in [0.15, 0.2) is 24.3 Å². The second-order valence-corrected chi connectivity index (χ2v) is 8.81. The minimum absolute atomic E-state index is 0.155. The molecule has 1 saturated heterocycles. The normalized spacial score (nSPS) is 24.1. The number of anilines is 2. The van der Waals surface area contributed by atoms with E-state index in [1.807, 2.05) is 24.3 Å². The number of nitrogens with one attached hydrogen (secondary N) is 1. The molecular weight excluding hydrogens is 366 g/mol. The standard InChI is InChI=1S/C22H29N5O2/c28-20(29)14-27(13-15-7-8-15)17-11-16(12-17)23-21-22(26-9-3-4-10-26)25-19-6-2-1-5-18(19)24-21/h1-2,5-6,15-17H,3-4,7-14H2,(H,23,24)(H,28,29). The number of carboxylic acid groups (broad SMARTS) is 1. The van der Waals surface area contributed by atoms with Crippen molar-refractivity contribution in [2.24, 2.45) is 5.92 Å². The van der Waals surface area contributed by atoms with Crippen LogP contribution in [-0.4, -0.2) is 64.2 Å². The number of carboxylic acids is 1. The molecule has 3 fully saturated rings. The topological polar surface area (TPSA) is 81.6 Å². The first-order chi connectivity index (χ1) is 14.2. The highest BCUT2D eigenvalue weighted by atomic mass is 16.4. The highest BCUT2D eigenvalue weighted by Gasteiger charge is 2.37. The van der Waals surface area contributed by atoms with E-state index in [0.717, 1.165) is 55.1 Å². The summed E-state index contributed by atoms with van der Waals surface area (Å²) in [6, 6.07) is 8.71. The SMILES string of the molecule is O=C(O)CN(CC1CC1)C1CC(Nc2nc3ccccc3nc2N2CCCC2)C1. The van der Waals surface area contributed by atoms with Gasteiger partial charge in [0.05, 0.1) is 17.6 Å². The van der Waals surface area contributed by atoms with Gasteiger partial charge in [-0.3, -0.25) is 9.69 Å². The Balaban J connectivity index is 1.30. The van der Waals surface area contributed by atoms with Crippen molar-refractivity contribution in [3.05, 3.63) is 24.3 Å². The highest BCUT2D eigenvalue weighted by Crippen LogP contribution is 2.36. The molecule has 5 rings (SSSR count). The molecule has 1 aromatic carbocycles. The third-order valence-electron chi connectivity index (χ3n) is 6.46. The molecule has 7 nitrogen and oxygen atoms in total. The lowest BCUT2D eigenvalue weighted by molar-refractivity contribution is -0.139. The number of para-hydroxylation sites is 2. The fraction of sp³-hybridized carbons (Fsp3) is 0.591. The molecule has 0 radical (unpaired) electrons. The number of nitrogens with zero attached hydrogens (tertiary/aromatic N) is 4. The number of hydrogen-bond acceptors (Lipinski definition) is 6. The van der Waals surface area contributed by atoms with Crippen LogP contribution in [0.25, 0.3) is 11.0 Å². The minimum atomic E-state index is -0.723. The van der Waals surface area contributed by atoms with Gasteiger partial charge in [-0.05, 0) is 56.6 Å². The van der Waals surface area contributed by atoms with Gasteiger partial charge in [-0.25, -0.2) is 9.97 Å². The second-order valence-electron chi connectivity index (χ2n) is 8.81. The van der Waals surface area contributed by atoms with Crippen LogP contribution in [0.2, 0.25) is 0 Å². The summed E-state index contributed by atoms with van der Waals surface area (Å²) in [4.78, 5) is 25.6. The molecular formula is C22H29N5O2. The molecule has 1 aromatic heterocycles. The molecule has 29 heavy (non-hydrogen) atoms. The number of rotatable bonds is 8. The Morgan fingerprint density at radius 3 is 2.48 bits per heavy atom. The average molecular weight is 396 g/mol. The molecule has 154 valence electrons. The lowest BCUT2D eigenvalue weighted by Gasteiger charge is -2.43. The summed E-state index contributed by atoms with van der Waals surface area (Å²) in [5.41, 5.74) is 1.85. The van der Waals surface area contributed by atoms with Crippen molar-refractivity contribution in [2.45, 2.75) is 50.6 Å². The zero-order valence-electron chi connectivity index (χ0n) is 16.8. The maximum absolute atomic E-state index is 11.3. The van der Waals surface area contributed by atoms with Crippen molar-refractivity contribution >= 4 is 28.6 Å². The fourth-order valence-electron chi connectivity index (χ4n) is 4.58. The smallest absolute Gasteiger partial charge is 0.317 e. The van der Waals surface area contributed by atoms with E-state index < -0.39 is 5.97 Å². The lowest BCUT2D eigenvalue weighted by Crippen LogP contribution is -2.52. The number of aliphatic carboxylic acids is 1. The van der Waals surface area contributed by atoms with E-state index in [4.69, 9.17) is 9.97 Å². The molecule has 2 saturated carbocycles. The largest absolute Gasteiger partial charge is 0.480 e. The zero-order chi connectivity index (χ0) is 19.8. The zero-order valence-corrected chi connectivity index (χ0v) is 16.8. The summed E-state index contributed by atoms with van der Waals surface area (Å²) in [5.74, 6) is 1.82. The van der Waals surface area contributed by atoms with E-state index in [9.17, 15) is 9.90 Å². The second kappa shape index (κ2) is 7.78. The Kier molecular flexibility index (Phi) is 4.99. The van der Waals surface area contributed by atoms with Gasteiger partial charge in [-0.15, -0.1) is 0 Å². The van der Waals surface area contributed by atoms with Gasteiger partial charge in [-0.2, -0.15) is 0 Å². The van der Waals surface area contributed by atoms with Gasteiger partial charge in [0.25, 0.3) is 0 Å². The molecule has 0 unspecified atom stereocenters. The van der Waals surface area contributed by atoms with E-state index >= 15 is 0 Å². The van der Waals surface area contributed by atoms with Crippen molar-refractivity contribution < 1.29 is 9.90 Å². The summed E-state index contributed by atoms with van der Waals surface area (Å²) in [6.07, 6.45) is 6.82. The summed E-state index contributed by atoms with van der Waals surface area (Å²) in [6.45, 7) is 3.15. The summed E-state index contributed by atoms with van der Waals surface area (Å²) < 4.78 is 0. The summed E-state index contributed by atoms with van der Waals surface area (Å²) in [7, 11) is 0. The van der Waals surface area contributed by atoms with E-state index in [2.05, 4.69) is 15.1 Å². The van der Waals surface area contributed by atoms with Gasteiger partial charge in [0.1, 0.15) is 0 Å². The number of hydrogen-bond donors (Lipinski definition) is 2. The minimum Gasteiger partial charge on any atom is -0.480 e. The predicted octanol–water partition coefficient (Wildman–Crippen LogP) is 2.97. The van der Waals surface area contributed by atoms with Crippen LogP contribution < -0.4 is 10.2 Å². The van der Waals surface area contributed by atoms with Crippen molar-refractivity contribution in [3.63, 3.8) is 0 Å². The number of carbonyl (C=O) groups is 1. The first kappa shape index (κ1) is 18.6. The molecule has 2 aromatic rings. The summed E-state index contributed by atoms with van der Waals surface area (Å²) >= 11 is 0. The van der Waals surface area contributed by atoms with Gasteiger partial charge in [0.15, 0.2) is 11.6 Å². The number of fused-ring (bicyclic) bond motifs is 1. The van der Waals surface area contributed by atoms with E-state index in [-0.39, 0.29) is 6.54 Å². The first-order valence-corrected chi connectivity index (χ1v) is 10.9. The number of benzene rings is 1. The van der Waals surface area contributed by atoms with Crippen LogP contribution in [-0.2, 0) is 4.79 Å². The van der Waals surface area contributed by atoms with Crippen molar-refractivity contribution in [1.29, 1.82) is 0 Å². The van der Waals surface area contributed by atoms with Gasteiger partial charge >= 0.3 is 5.97 Å². The third kappa shape index (κ3) is 4.15. The molecule has 0 atom stereocenters. The molecule has 0 amide bonds. The van der Waals surface area contributed by atoms with Gasteiger partial charge in [0.2, 0.25) is 0 Å². The Bertz CT molecular complexity index is 888. The predicted molar refractivity (Wildman–Crippen MR) is 113 cm³/mol. The van der Waals surface area contributed by atoms with Crippen LogP contribution in [0.5, 0.6) is 0 Å². The molecule has 2 N–H and O–H groups in total. The van der Waals surface area contributed by atoms with Crippen LogP contribution in [0.3, 0.4) is 0 Å². The van der Waals surface area contributed by atoms with E-state index in [0.29, 0.717) is 18.0 Å². The molecule has 2 aliphatic carbocycles. The van der Waals surface area contributed by atoms with Crippen molar-refractivity contribution in [3.8, 4) is 0 Å². The van der Waals surface area contributed by atoms with Crippen LogP contribution in [0.1, 0.15) is 38.5 Å². The average Bonchev–Trinajstić information content (AvgIpc) is 3.32. The van der Waals surface area contributed by atoms with Crippen LogP contribution in [0.4, 0.5) is 11.6 Å². The molecule has 2 heterocycles. The van der Waals surface area contributed by atoms with E-state index in [1.54, 1.807) is 0 Å². The maximum atomic E-state index is 11.3. The summed E-state index contributed by atoms with van der Waals surface area (Å²) in [5, 5.41) is 12.9. The maximum Gasteiger partial charge on any atom is 0.317 e. The molecule has 3 aliphatic rings. The molecule has 1 aliphatic heterocycles. The van der Waals surface area contributed by atoms with Crippen molar-refractivity contribution in [1.82, 2.24) is 14.9 Å². The van der Waals surface area contributed by atoms with Gasteiger partial charge < -0.3 is 15.3 Å². The Morgan fingerprint density at radius 1 is 1.14 bits per heavy atom. The Hall–Kier alpha value is -2.41. The quantitative estimate of drug-likeness (QED) is 0.711. The highest BCUT2D eigenvalue weighted by molar-refractivity contribution is 5.80. The van der Waals surface area contributed by atoms with Gasteiger partial charge in [-0.1, -0.05) is 12.1 Å². The third-order valence-corrected chi connectivity index (χ3v) is 6.46. The molecule has 7 heteroatoms. The fourth-order valence-corrected chi connectivity index (χ4v) is 4.58. The molecule has 0 bridgehead atoms. The van der Waals surface area contributed by atoms with Crippen LogP contribution in [0, 0.1) is 5.92 Å². The Labute approximate surface area is 171 Å². The monoisotopic (exact) mass is 395 g/mol. The Morgan fingerprint density at radius 2 is 1.83 bits per heavy atom. The van der Waals surface area contributed by atoms with Crippen molar-refractivity contribution in [2.75, 3.05) is 36.4 Å². The van der Waals surface area contributed by atoms with Crippen LogP contribution >= 0.6 is 0 Å². The lowest BCUT2D eigenvalue weighted by atomic mass is 9.85. The number of aromatic nitrogens is 2. The molecule has 0 spiro atoms. The first-order valence-electron chi connectivity index (χ1n) is 10.9. The van der Waals surface area contributed by atoms with Gasteiger partial charge in [0, 0.05) is 31.7 Å².